The van der Waals surface area contributed by atoms with Crippen LogP contribution < -0.4 is 0 Å². The molecule has 0 spiro atoms. The van der Waals surface area contributed by atoms with Gasteiger partial charge < -0.3 is 4.74 Å². The van der Waals surface area contributed by atoms with Crippen molar-refractivity contribution in [3.05, 3.63) is 53.1 Å². The minimum absolute atomic E-state index is 0.0423. The molecule has 4 heteroatoms. The molecular weight excluding hydrogens is 264 g/mol. The quantitative estimate of drug-likeness (QED) is 0.613. The molecule has 1 unspecified atom stereocenters. The summed E-state index contributed by atoms with van der Waals surface area (Å²) in [4.78, 5) is 11.8. The van der Waals surface area contributed by atoms with E-state index < -0.39 is 11.9 Å². The first-order valence-corrected chi connectivity index (χ1v) is 6.49. The van der Waals surface area contributed by atoms with Crippen LogP contribution >= 0.6 is 0 Å². The largest absolute Gasteiger partial charge is 0.461 e. The lowest BCUT2D eigenvalue weighted by molar-refractivity contribution is -0.145. The van der Waals surface area contributed by atoms with Crippen molar-refractivity contribution in [2.75, 3.05) is 6.61 Å². The van der Waals surface area contributed by atoms with Crippen LogP contribution in [0.1, 0.15) is 19.4 Å². The molecule has 0 saturated carbocycles. The second-order valence-electron chi connectivity index (χ2n) is 4.45. The number of hydrogen-bond acceptors (Lipinski definition) is 4. The van der Waals surface area contributed by atoms with Crippen molar-refractivity contribution in [2.45, 2.75) is 13.8 Å². The van der Waals surface area contributed by atoms with Crippen molar-refractivity contribution in [1.29, 1.82) is 10.5 Å². The number of allylic oxidation sites excluding steroid dienone is 1. The number of hydrogen-bond donors (Lipinski definition) is 0. The maximum Gasteiger partial charge on any atom is 0.313 e. The zero-order chi connectivity index (χ0) is 15.7. The van der Waals surface area contributed by atoms with Gasteiger partial charge in [0.2, 0.25) is 0 Å². The maximum atomic E-state index is 11.8. The predicted octanol–water partition coefficient (Wildman–Crippen LogP) is 3.24. The standard InChI is InChI=1S/C17H16N2O2/c1-13(16(11-18)12-19)14(2)17(20)21-10-6-9-15-7-4-3-5-8-15/h3-9,14H,10H2,1-2H3/b9-6+. The van der Waals surface area contributed by atoms with E-state index in [1.54, 1.807) is 32.1 Å². The smallest absolute Gasteiger partial charge is 0.313 e. The maximum absolute atomic E-state index is 11.8. The molecule has 0 amide bonds. The molecule has 0 aliphatic rings. The summed E-state index contributed by atoms with van der Waals surface area (Å²) in [5.74, 6) is -1.06. The SMILES string of the molecule is CC(=C(C#N)C#N)C(C)C(=O)OC/C=C/c1ccccc1. The van der Waals surface area contributed by atoms with E-state index >= 15 is 0 Å². The number of nitrogens with zero attached hydrogens (tertiary/aromatic N) is 2. The summed E-state index contributed by atoms with van der Waals surface area (Å²) in [6, 6.07) is 13.2. The Morgan fingerprint density at radius 3 is 2.48 bits per heavy atom. The first-order chi connectivity index (χ1) is 10.1. The molecular formula is C17H16N2O2. The van der Waals surface area contributed by atoms with E-state index in [4.69, 9.17) is 15.3 Å². The normalized spacial score (nSPS) is 11.2. The molecule has 0 saturated heterocycles. The summed E-state index contributed by atoms with van der Waals surface area (Å²) < 4.78 is 5.11. The van der Waals surface area contributed by atoms with E-state index in [1.165, 1.54) is 0 Å². The lowest BCUT2D eigenvalue weighted by Crippen LogP contribution is -2.16. The van der Waals surface area contributed by atoms with Gasteiger partial charge >= 0.3 is 5.97 Å². The van der Waals surface area contributed by atoms with Crippen molar-refractivity contribution in [3.8, 4) is 12.1 Å². The summed E-state index contributed by atoms with van der Waals surface area (Å²) in [5.41, 5.74) is 1.41. The number of nitriles is 2. The van der Waals surface area contributed by atoms with Crippen LogP contribution in [0, 0.1) is 28.6 Å². The molecule has 0 aliphatic carbocycles. The van der Waals surface area contributed by atoms with Gasteiger partial charge in [-0.1, -0.05) is 36.4 Å². The molecule has 1 aromatic rings. The Kier molecular flexibility index (Phi) is 6.44. The fraction of sp³-hybridized carbons (Fsp3) is 0.235. The number of ether oxygens (including phenoxy) is 1. The molecule has 0 bridgehead atoms. The predicted molar refractivity (Wildman–Crippen MR) is 79.5 cm³/mol. The molecule has 1 rings (SSSR count). The van der Waals surface area contributed by atoms with Crippen LogP contribution in [0.15, 0.2) is 47.6 Å². The molecule has 21 heavy (non-hydrogen) atoms. The Labute approximate surface area is 124 Å². The monoisotopic (exact) mass is 280 g/mol. The second kappa shape index (κ2) is 8.35. The molecule has 0 heterocycles. The third kappa shape index (κ3) is 4.97. The summed E-state index contributed by atoms with van der Waals surface area (Å²) in [7, 11) is 0. The topological polar surface area (TPSA) is 73.9 Å². The molecule has 1 aromatic carbocycles. The van der Waals surface area contributed by atoms with Gasteiger partial charge in [-0.25, -0.2) is 0 Å². The second-order valence-corrected chi connectivity index (χ2v) is 4.45. The van der Waals surface area contributed by atoms with Gasteiger partial charge in [0.1, 0.15) is 24.3 Å². The Morgan fingerprint density at radius 2 is 1.90 bits per heavy atom. The highest BCUT2D eigenvalue weighted by Gasteiger charge is 2.19. The number of carbonyl (C=O) groups is 1. The summed E-state index contributed by atoms with van der Waals surface area (Å²) in [6.07, 6.45) is 3.60. The van der Waals surface area contributed by atoms with Crippen LogP contribution in [0.2, 0.25) is 0 Å². The van der Waals surface area contributed by atoms with E-state index in [9.17, 15) is 4.79 Å². The molecule has 4 nitrogen and oxygen atoms in total. The van der Waals surface area contributed by atoms with Gasteiger partial charge in [0.15, 0.2) is 0 Å². The van der Waals surface area contributed by atoms with Crippen LogP contribution in [0.4, 0.5) is 0 Å². The molecule has 0 N–H and O–H groups in total. The van der Waals surface area contributed by atoms with E-state index in [0.717, 1.165) is 5.56 Å². The minimum atomic E-state index is -0.607. The Hall–Kier alpha value is -2.85. The van der Waals surface area contributed by atoms with E-state index in [0.29, 0.717) is 5.57 Å². The van der Waals surface area contributed by atoms with Crippen molar-refractivity contribution in [1.82, 2.24) is 0 Å². The minimum Gasteiger partial charge on any atom is -0.461 e. The van der Waals surface area contributed by atoms with Gasteiger partial charge in [-0.2, -0.15) is 10.5 Å². The van der Waals surface area contributed by atoms with Gasteiger partial charge in [-0.15, -0.1) is 0 Å². The van der Waals surface area contributed by atoms with Crippen LogP contribution in [-0.4, -0.2) is 12.6 Å². The highest BCUT2D eigenvalue weighted by atomic mass is 16.5. The van der Waals surface area contributed by atoms with E-state index in [1.807, 2.05) is 36.4 Å². The van der Waals surface area contributed by atoms with Crippen molar-refractivity contribution >= 4 is 12.0 Å². The van der Waals surface area contributed by atoms with Crippen molar-refractivity contribution < 1.29 is 9.53 Å². The highest BCUT2D eigenvalue weighted by Crippen LogP contribution is 2.15. The van der Waals surface area contributed by atoms with Gasteiger partial charge in [0.05, 0.1) is 5.92 Å². The zero-order valence-corrected chi connectivity index (χ0v) is 12.0. The first-order valence-electron chi connectivity index (χ1n) is 6.49. The van der Waals surface area contributed by atoms with Crippen LogP contribution in [0.25, 0.3) is 6.08 Å². The number of benzene rings is 1. The van der Waals surface area contributed by atoms with E-state index in [2.05, 4.69) is 0 Å². The molecule has 0 aromatic heterocycles. The van der Waals surface area contributed by atoms with Gasteiger partial charge in [0, 0.05) is 0 Å². The highest BCUT2D eigenvalue weighted by molar-refractivity contribution is 5.76. The third-order valence-electron chi connectivity index (χ3n) is 3.05. The van der Waals surface area contributed by atoms with Gasteiger partial charge in [-0.05, 0) is 31.1 Å². The Morgan fingerprint density at radius 1 is 1.29 bits per heavy atom. The molecule has 106 valence electrons. The molecule has 0 aliphatic heterocycles. The van der Waals surface area contributed by atoms with Crippen LogP contribution in [0.3, 0.4) is 0 Å². The molecule has 0 radical (unpaired) electrons. The summed E-state index contributed by atoms with van der Waals surface area (Å²) >= 11 is 0. The summed E-state index contributed by atoms with van der Waals surface area (Å²) in [5, 5.41) is 17.5. The lowest BCUT2D eigenvalue weighted by atomic mass is 9.98. The van der Waals surface area contributed by atoms with Crippen molar-refractivity contribution in [2.24, 2.45) is 5.92 Å². The fourth-order valence-corrected chi connectivity index (χ4v) is 1.60. The van der Waals surface area contributed by atoms with Gasteiger partial charge in [-0.3, -0.25) is 4.79 Å². The molecule has 0 fully saturated rings. The fourth-order valence-electron chi connectivity index (χ4n) is 1.60. The molecule has 1 atom stereocenters. The van der Waals surface area contributed by atoms with Crippen LogP contribution in [-0.2, 0) is 9.53 Å². The number of esters is 1. The Balaban J connectivity index is 2.55. The van der Waals surface area contributed by atoms with E-state index in [-0.39, 0.29) is 12.2 Å². The third-order valence-corrected chi connectivity index (χ3v) is 3.05. The number of carbonyl (C=O) groups excluding carboxylic acids is 1. The lowest BCUT2D eigenvalue weighted by Gasteiger charge is -2.10. The van der Waals surface area contributed by atoms with Gasteiger partial charge in [0.25, 0.3) is 0 Å². The van der Waals surface area contributed by atoms with Crippen LogP contribution in [0.5, 0.6) is 0 Å². The first kappa shape index (κ1) is 16.2. The van der Waals surface area contributed by atoms with Crippen molar-refractivity contribution in [3.63, 3.8) is 0 Å². The Bertz CT molecular complexity index is 615. The number of rotatable bonds is 5. The average Bonchev–Trinajstić information content (AvgIpc) is 2.52. The summed E-state index contributed by atoms with van der Waals surface area (Å²) in [6.45, 7) is 3.36. The average molecular weight is 280 g/mol. The zero-order valence-electron chi connectivity index (χ0n) is 12.0.